The van der Waals surface area contributed by atoms with Gasteiger partial charge >= 0.3 is 0 Å². The fourth-order valence-electron chi connectivity index (χ4n) is 3.72. The number of aromatic nitrogens is 1. The highest BCUT2D eigenvalue weighted by molar-refractivity contribution is 5.66. The van der Waals surface area contributed by atoms with Gasteiger partial charge in [0.25, 0.3) is 0 Å². The predicted molar refractivity (Wildman–Crippen MR) is 109 cm³/mol. The fraction of sp³-hybridized carbons (Fsp3) is 0.304. The Morgan fingerprint density at radius 1 is 1.00 bits per heavy atom. The largest absolute Gasteiger partial charge is 0.497 e. The smallest absolute Gasteiger partial charge is 0.123 e. The van der Waals surface area contributed by atoms with Gasteiger partial charge in [0.2, 0.25) is 0 Å². The Balaban J connectivity index is 1.77. The molecular formula is C23H25FN2O2. The molecule has 5 heteroatoms. The molecule has 0 spiro atoms. The number of methoxy groups -OCH3 is 1. The molecule has 1 aromatic heterocycles. The molecule has 0 amide bonds. The monoisotopic (exact) mass is 380 g/mol. The molecule has 2 heterocycles. The summed E-state index contributed by atoms with van der Waals surface area (Å²) < 4.78 is 26.5. The van der Waals surface area contributed by atoms with E-state index in [9.17, 15) is 4.39 Å². The van der Waals surface area contributed by atoms with E-state index in [1.165, 1.54) is 23.4 Å². The van der Waals surface area contributed by atoms with Gasteiger partial charge in [-0.2, -0.15) is 0 Å². The Bertz CT molecular complexity index is 926. The standard InChI is InChI=1S/C23H25FN2O2/c1-17-19(16-25-11-13-28-14-12-25)15-23(18-3-9-22(27-2)10-4-18)26(17)21-7-5-20(24)6-8-21/h3-10,15H,11-14,16H2,1-2H3. The minimum Gasteiger partial charge on any atom is -0.497 e. The Morgan fingerprint density at radius 2 is 1.68 bits per heavy atom. The maximum Gasteiger partial charge on any atom is 0.123 e. The molecule has 146 valence electrons. The minimum atomic E-state index is -0.229. The minimum absolute atomic E-state index is 0.229. The van der Waals surface area contributed by atoms with E-state index in [-0.39, 0.29) is 5.82 Å². The number of ether oxygens (including phenoxy) is 2. The van der Waals surface area contributed by atoms with Crippen LogP contribution in [0.2, 0.25) is 0 Å². The van der Waals surface area contributed by atoms with Crippen LogP contribution in [-0.2, 0) is 11.3 Å². The summed E-state index contributed by atoms with van der Waals surface area (Å²) in [6.45, 7) is 6.46. The van der Waals surface area contributed by atoms with Crippen molar-refractivity contribution in [3.05, 3.63) is 71.7 Å². The average molecular weight is 380 g/mol. The van der Waals surface area contributed by atoms with Crippen LogP contribution >= 0.6 is 0 Å². The molecule has 0 atom stereocenters. The lowest BCUT2D eigenvalue weighted by atomic mass is 10.1. The van der Waals surface area contributed by atoms with Crippen molar-refractivity contribution in [3.8, 4) is 22.7 Å². The first-order valence-corrected chi connectivity index (χ1v) is 9.57. The zero-order chi connectivity index (χ0) is 19.5. The van der Waals surface area contributed by atoms with Gasteiger partial charge in [-0.3, -0.25) is 4.90 Å². The molecule has 28 heavy (non-hydrogen) atoms. The van der Waals surface area contributed by atoms with E-state index >= 15 is 0 Å². The summed E-state index contributed by atoms with van der Waals surface area (Å²) in [5, 5.41) is 0. The Hall–Kier alpha value is -2.63. The quantitative estimate of drug-likeness (QED) is 0.655. The van der Waals surface area contributed by atoms with Crippen molar-refractivity contribution in [1.29, 1.82) is 0 Å². The lowest BCUT2D eigenvalue weighted by molar-refractivity contribution is 0.0341. The van der Waals surface area contributed by atoms with Crippen molar-refractivity contribution in [3.63, 3.8) is 0 Å². The van der Waals surface area contributed by atoms with Crippen molar-refractivity contribution >= 4 is 0 Å². The van der Waals surface area contributed by atoms with Crippen LogP contribution in [0.1, 0.15) is 11.3 Å². The second kappa shape index (κ2) is 8.17. The van der Waals surface area contributed by atoms with Crippen LogP contribution in [-0.4, -0.2) is 42.9 Å². The van der Waals surface area contributed by atoms with Crippen LogP contribution in [0.25, 0.3) is 16.9 Å². The highest BCUT2D eigenvalue weighted by atomic mass is 19.1. The fourth-order valence-corrected chi connectivity index (χ4v) is 3.72. The Labute approximate surface area is 165 Å². The van der Waals surface area contributed by atoms with Crippen LogP contribution in [0.5, 0.6) is 5.75 Å². The predicted octanol–water partition coefficient (Wildman–Crippen LogP) is 4.43. The number of hydrogen-bond acceptors (Lipinski definition) is 3. The first-order chi connectivity index (χ1) is 13.7. The molecule has 1 saturated heterocycles. The second-order valence-electron chi connectivity index (χ2n) is 7.07. The van der Waals surface area contributed by atoms with E-state index in [2.05, 4.69) is 34.6 Å². The summed E-state index contributed by atoms with van der Waals surface area (Å²) in [7, 11) is 1.67. The lowest BCUT2D eigenvalue weighted by Gasteiger charge is -2.26. The van der Waals surface area contributed by atoms with Gasteiger partial charge in [0.15, 0.2) is 0 Å². The van der Waals surface area contributed by atoms with Crippen LogP contribution in [0.3, 0.4) is 0 Å². The number of morpholine rings is 1. The number of hydrogen-bond donors (Lipinski definition) is 0. The Morgan fingerprint density at radius 3 is 2.32 bits per heavy atom. The number of benzene rings is 2. The first-order valence-electron chi connectivity index (χ1n) is 9.57. The average Bonchev–Trinajstić information content (AvgIpc) is 3.05. The normalized spacial score (nSPS) is 15.0. The first kappa shape index (κ1) is 18.7. The zero-order valence-electron chi connectivity index (χ0n) is 16.3. The molecule has 3 aromatic rings. The molecule has 0 radical (unpaired) electrons. The van der Waals surface area contributed by atoms with Gasteiger partial charge < -0.3 is 14.0 Å². The summed E-state index contributed by atoms with van der Waals surface area (Å²) in [4.78, 5) is 2.42. The SMILES string of the molecule is COc1ccc(-c2cc(CN3CCOCC3)c(C)n2-c2ccc(F)cc2)cc1. The van der Waals surface area contributed by atoms with E-state index in [4.69, 9.17) is 9.47 Å². The van der Waals surface area contributed by atoms with E-state index in [1.54, 1.807) is 7.11 Å². The number of rotatable bonds is 5. The van der Waals surface area contributed by atoms with Crippen LogP contribution in [0.4, 0.5) is 4.39 Å². The van der Waals surface area contributed by atoms with E-state index in [1.807, 2.05) is 24.3 Å². The maximum atomic E-state index is 13.5. The molecule has 1 fully saturated rings. The van der Waals surface area contributed by atoms with Gasteiger partial charge in [-0.15, -0.1) is 0 Å². The van der Waals surface area contributed by atoms with Gasteiger partial charge in [-0.05, 0) is 72.6 Å². The van der Waals surface area contributed by atoms with Gasteiger partial charge in [-0.1, -0.05) is 0 Å². The highest BCUT2D eigenvalue weighted by Gasteiger charge is 2.18. The molecule has 1 aliphatic rings. The van der Waals surface area contributed by atoms with Gasteiger partial charge in [0, 0.05) is 31.0 Å². The van der Waals surface area contributed by atoms with Crippen molar-refractivity contribution in [2.75, 3.05) is 33.4 Å². The van der Waals surface area contributed by atoms with Crippen LogP contribution < -0.4 is 4.74 Å². The highest BCUT2D eigenvalue weighted by Crippen LogP contribution is 2.31. The third kappa shape index (κ3) is 3.81. The molecule has 0 N–H and O–H groups in total. The maximum absolute atomic E-state index is 13.5. The molecule has 4 rings (SSSR count). The topological polar surface area (TPSA) is 26.6 Å². The summed E-state index contributed by atoms with van der Waals surface area (Å²) >= 11 is 0. The van der Waals surface area contributed by atoms with Crippen molar-refractivity contribution in [2.45, 2.75) is 13.5 Å². The third-order valence-corrected chi connectivity index (χ3v) is 5.32. The van der Waals surface area contributed by atoms with Crippen LogP contribution in [0.15, 0.2) is 54.6 Å². The van der Waals surface area contributed by atoms with Crippen LogP contribution in [0, 0.1) is 12.7 Å². The molecule has 4 nitrogen and oxygen atoms in total. The van der Waals surface area contributed by atoms with E-state index < -0.39 is 0 Å². The van der Waals surface area contributed by atoms with Crippen molar-refractivity contribution in [2.24, 2.45) is 0 Å². The number of halogens is 1. The molecular weight excluding hydrogens is 355 g/mol. The van der Waals surface area contributed by atoms with Gasteiger partial charge in [0.05, 0.1) is 26.0 Å². The number of nitrogens with zero attached hydrogens (tertiary/aromatic N) is 2. The zero-order valence-corrected chi connectivity index (χ0v) is 16.3. The second-order valence-corrected chi connectivity index (χ2v) is 7.07. The molecule has 1 aliphatic heterocycles. The molecule has 2 aromatic carbocycles. The van der Waals surface area contributed by atoms with Gasteiger partial charge in [0.1, 0.15) is 11.6 Å². The third-order valence-electron chi connectivity index (χ3n) is 5.32. The van der Waals surface area contributed by atoms with Crippen molar-refractivity contribution in [1.82, 2.24) is 9.47 Å². The summed E-state index contributed by atoms with van der Waals surface area (Å²) in [6.07, 6.45) is 0. The molecule has 0 aliphatic carbocycles. The Kier molecular flexibility index (Phi) is 5.46. The van der Waals surface area contributed by atoms with Gasteiger partial charge in [-0.25, -0.2) is 4.39 Å². The molecule has 0 unspecified atom stereocenters. The lowest BCUT2D eigenvalue weighted by Crippen LogP contribution is -2.35. The molecule has 0 bridgehead atoms. The summed E-state index contributed by atoms with van der Waals surface area (Å²) in [5.41, 5.74) is 5.59. The van der Waals surface area contributed by atoms with E-state index in [0.29, 0.717) is 0 Å². The summed E-state index contributed by atoms with van der Waals surface area (Å²) in [6, 6.07) is 17.0. The van der Waals surface area contributed by atoms with E-state index in [0.717, 1.165) is 55.5 Å². The van der Waals surface area contributed by atoms with Crippen molar-refractivity contribution < 1.29 is 13.9 Å². The summed E-state index contributed by atoms with van der Waals surface area (Å²) in [5.74, 6) is 0.599. The molecule has 0 saturated carbocycles.